The Bertz CT molecular complexity index is 1190. The third-order valence-electron chi connectivity index (χ3n) is 4.85. The van der Waals surface area contributed by atoms with E-state index in [0.717, 1.165) is 16.7 Å². The van der Waals surface area contributed by atoms with Crippen LogP contribution in [0.3, 0.4) is 0 Å². The first kappa shape index (κ1) is 22.2. The van der Waals surface area contributed by atoms with Crippen LogP contribution < -0.4 is 19.5 Å². The Balaban J connectivity index is 1.30. The fraction of sp³-hybridized carbons (Fsp3) is 0.217. The van der Waals surface area contributed by atoms with Crippen LogP contribution in [-0.4, -0.2) is 47.9 Å². The lowest BCUT2D eigenvalue weighted by Crippen LogP contribution is -2.41. The number of hydrogen-bond donors (Lipinski definition) is 1. The van der Waals surface area contributed by atoms with Gasteiger partial charge in [-0.15, -0.1) is 0 Å². The van der Waals surface area contributed by atoms with E-state index in [-0.39, 0.29) is 19.9 Å². The maximum atomic E-state index is 12.7. The zero-order valence-electron chi connectivity index (χ0n) is 17.6. The number of carbonyl (C=O) groups is 3. The molecule has 10 heteroatoms. The Labute approximate surface area is 193 Å². The van der Waals surface area contributed by atoms with Gasteiger partial charge in [0.2, 0.25) is 6.79 Å². The van der Waals surface area contributed by atoms with Crippen LogP contribution in [0.25, 0.3) is 6.08 Å². The Kier molecular flexibility index (Phi) is 6.51. The van der Waals surface area contributed by atoms with Gasteiger partial charge in [-0.05, 0) is 60.7 Å². The minimum Gasteiger partial charge on any atom is -0.481 e. The molecule has 1 fully saturated rings. The Morgan fingerprint density at radius 2 is 2.09 bits per heavy atom. The molecule has 33 heavy (non-hydrogen) atoms. The molecule has 9 nitrogen and oxygen atoms in total. The van der Waals surface area contributed by atoms with Crippen molar-refractivity contribution in [1.29, 1.82) is 5.26 Å². The molecule has 2 aliphatic rings. The zero-order chi connectivity index (χ0) is 23.4. The van der Waals surface area contributed by atoms with Crippen molar-refractivity contribution in [2.45, 2.75) is 13.0 Å². The van der Waals surface area contributed by atoms with Crippen LogP contribution in [0.4, 0.5) is 4.79 Å². The lowest BCUT2D eigenvalue weighted by Gasteiger charge is -2.16. The lowest BCUT2D eigenvalue weighted by molar-refractivity contribution is -0.128. The lowest BCUT2D eigenvalue weighted by atomic mass is 10.2. The highest BCUT2D eigenvalue weighted by Gasteiger charge is 2.34. The minimum atomic E-state index is -0.820. The molecule has 0 spiro atoms. The monoisotopic (exact) mass is 465 g/mol. The van der Waals surface area contributed by atoms with Crippen molar-refractivity contribution in [2.24, 2.45) is 0 Å². The van der Waals surface area contributed by atoms with Gasteiger partial charge in [-0.25, -0.2) is 0 Å². The summed E-state index contributed by atoms with van der Waals surface area (Å²) in [5.41, 5.74) is 1.14. The molecule has 0 radical (unpaired) electrons. The van der Waals surface area contributed by atoms with Crippen LogP contribution in [0, 0.1) is 11.3 Å². The van der Waals surface area contributed by atoms with E-state index in [0.29, 0.717) is 33.3 Å². The fourth-order valence-electron chi connectivity index (χ4n) is 3.18. The summed E-state index contributed by atoms with van der Waals surface area (Å²) in [4.78, 5) is 38.7. The molecule has 0 bridgehead atoms. The summed E-state index contributed by atoms with van der Waals surface area (Å²) in [5, 5.41) is 11.2. The van der Waals surface area contributed by atoms with E-state index in [1.54, 1.807) is 49.4 Å². The van der Waals surface area contributed by atoms with Gasteiger partial charge < -0.3 is 19.5 Å². The SMILES string of the molecule is CC(Oc1cccc(C#N)c1)C(=O)NCCN1C(=O)S/C(=C/c2ccc3c(c2)OCO3)C1=O. The number of amides is 3. The summed E-state index contributed by atoms with van der Waals surface area (Å²) in [6.07, 6.45) is 0.802. The number of nitriles is 1. The van der Waals surface area contributed by atoms with Gasteiger partial charge in [0.25, 0.3) is 17.1 Å². The number of rotatable bonds is 7. The third-order valence-corrected chi connectivity index (χ3v) is 5.76. The molecule has 1 atom stereocenters. The second-order valence-corrected chi connectivity index (χ2v) is 8.13. The van der Waals surface area contributed by atoms with Gasteiger partial charge in [-0.2, -0.15) is 5.26 Å². The molecule has 0 aliphatic carbocycles. The molecule has 2 aromatic rings. The number of imide groups is 1. The highest BCUT2D eigenvalue weighted by atomic mass is 32.2. The van der Waals surface area contributed by atoms with Crippen LogP contribution in [0.1, 0.15) is 18.1 Å². The van der Waals surface area contributed by atoms with E-state index in [2.05, 4.69) is 5.32 Å². The zero-order valence-corrected chi connectivity index (χ0v) is 18.4. The molecule has 1 unspecified atom stereocenters. The molecule has 4 rings (SSSR count). The smallest absolute Gasteiger partial charge is 0.293 e. The van der Waals surface area contributed by atoms with Crippen molar-refractivity contribution in [3.8, 4) is 23.3 Å². The van der Waals surface area contributed by atoms with E-state index in [1.807, 2.05) is 6.07 Å². The Morgan fingerprint density at radius 1 is 1.27 bits per heavy atom. The number of fused-ring (bicyclic) bond motifs is 1. The molecular formula is C23H19N3O6S. The van der Waals surface area contributed by atoms with Crippen LogP contribution in [0.15, 0.2) is 47.4 Å². The summed E-state index contributed by atoms with van der Waals surface area (Å²) in [7, 11) is 0. The van der Waals surface area contributed by atoms with Gasteiger partial charge in [-0.3, -0.25) is 19.3 Å². The van der Waals surface area contributed by atoms with Crippen molar-refractivity contribution in [3.63, 3.8) is 0 Å². The van der Waals surface area contributed by atoms with Crippen LogP contribution in [0.2, 0.25) is 0 Å². The summed E-state index contributed by atoms with van der Waals surface area (Å²) < 4.78 is 16.2. The van der Waals surface area contributed by atoms with E-state index >= 15 is 0 Å². The Hall–Kier alpha value is -3.97. The second kappa shape index (κ2) is 9.67. The predicted molar refractivity (Wildman–Crippen MR) is 119 cm³/mol. The minimum absolute atomic E-state index is 0.0333. The van der Waals surface area contributed by atoms with E-state index in [9.17, 15) is 14.4 Å². The first-order valence-corrected chi connectivity index (χ1v) is 10.9. The van der Waals surface area contributed by atoms with Gasteiger partial charge in [0.05, 0.1) is 16.5 Å². The van der Waals surface area contributed by atoms with Crippen LogP contribution in [-0.2, 0) is 9.59 Å². The van der Waals surface area contributed by atoms with Crippen LogP contribution in [0.5, 0.6) is 17.2 Å². The Morgan fingerprint density at radius 3 is 2.91 bits per heavy atom. The molecule has 1 saturated heterocycles. The molecule has 1 N–H and O–H groups in total. The van der Waals surface area contributed by atoms with Gasteiger partial charge in [-0.1, -0.05) is 12.1 Å². The van der Waals surface area contributed by atoms with Gasteiger partial charge >= 0.3 is 0 Å². The quantitative estimate of drug-likeness (QED) is 0.620. The average molecular weight is 465 g/mol. The number of carbonyl (C=O) groups excluding carboxylic acids is 3. The summed E-state index contributed by atoms with van der Waals surface area (Å²) in [6.45, 7) is 1.84. The normalized spacial score (nSPS) is 16.6. The largest absolute Gasteiger partial charge is 0.481 e. The van der Waals surface area contributed by atoms with Gasteiger partial charge in [0, 0.05) is 13.1 Å². The standard InChI is InChI=1S/C23H19N3O6S/c1-14(32-17-4-2-3-16(9-17)12-24)21(27)25-7-8-26-22(28)20(33-23(26)29)11-15-5-6-18-19(10-15)31-13-30-18/h2-6,9-11,14H,7-8,13H2,1H3,(H,25,27)/b20-11+. The molecule has 3 amide bonds. The maximum absolute atomic E-state index is 12.7. The number of hydrogen-bond acceptors (Lipinski definition) is 8. The third kappa shape index (κ3) is 5.10. The molecular weight excluding hydrogens is 446 g/mol. The summed E-state index contributed by atoms with van der Waals surface area (Å²) in [5.74, 6) is 0.791. The van der Waals surface area contributed by atoms with Crippen molar-refractivity contribution in [1.82, 2.24) is 10.2 Å². The molecule has 2 heterocycles. The van der Waals surface area contributed by atoms with E-state index in [4.69, 9.17) is 19.5 Å². The molecule has 0 saturated carbocycles. The van der Waals surface area contributed by atoms with Crippen molar-refractivity contribution in [2.75, 3.05) is 19.9 Å². The van der Waals surface area contributed by atoms with Crippen molar-refractivity contribution < 1.29 is 28.6 Å². The predicted octanol–water partition coefficient (Wildman–Crippen LogP) is 2.91. The number of nitrogens with one attached hydrogen (secondary N) is 1. The molecule has 0 aromatic heterocycles. The molecule has 2 aliphatic heterocycles. The van der Waals surface area contributed by atoms with Gasteiger partial charge in [0.15, 0.2) is 17.6 Å². The highest BCUT2D eigenvalue weighted by molar-refractivity contribution is 8.18. The van der Waals surface area contributed by atoms with E-state index < -0.39 is 23.2 Å². The molecule has 168 valence electrons. The van der Waals surface area contributed by atoms with Crippen molar-refractivity contribution in [3.05, 3.63) is 58.5 Å². The number of benzene rings is 2. The number of thioether (sulfide) groups is 1. The second-order valence-electron chi connectivity index (χ2n) is 7.14. The maximum Gasteiger partial charge on any atom is 0.293 e. The average Bonchev–Trinajstić information content (AvgIpc) is 3.38. The van der Waals surface area contributed by atoms with Gasteiger partial charge in [0.1, 0.15) is 5.75 Å². The first-order chi connectivity index (χ1) is 15.9. The van der Waals surface area contributed by atoms with Crippen molar-refractivity contribution >= 4 is 34.9 Å². The first-order valence-electron chi connectivity index (χ1n) is 10.0. The van der Waals surface area contributed by atoms with Crippen LogP contribution >= 0.6 is 11.8 Å². The summed E-state index contributed by atoms with van der Waals surface area (Å²) >= 11 is 0.843. The molecule has 2 aromatic carbocycles. The fourth-order valence-corrected chi connectivity index (χ4v) is 4.04. The topological polar surface area (TPSA) is 118 Å². The number of nitrogens with zero attached hydrogens (tertiary/aromatic N) is 2. The highest BCUT2D eigenvalue weighted by Crippen LogP contribution is 2.36. The summed E-state index contributed by atoms with van der Waals surface area (Å²) in [6, 6.07) is 13.7. The number of ether oxygens (including phenoxy) is 3. The van der Waals surface area contributed by atoms with E-state index in [1.165, 1.54) is 6.07 Å².